The molecule has 1 aromatic carbocycles. The third-order valence-corrected chi connectivity index (χ3v) is 4.34. The number of sulfone groups is 1. The van der Waals surface area contributed by atoms with Crippen LogP contribution in [-0.4, -0.2) is 20.6 Å². The molecule has 0 spiro atoms. The molecule has 0 unspecified atom stereocenters. The van der Waals surface area contributed by atoms with Gasteiger partial charge in [0.25, 0.3) is 5.91 Å². The Morgan fingerprint density at radius 1 is 1.22 bits per heavy atom. The average Bonchev–Trinajstić information content (AvgIpc) is 2.89. The van der Waals surface area contributed by atoms with Gasteiger partial charge in [0.05, 0.1) is 5.56 Å². The van der Waals surface area contributed by atoms with Crippen LogP contribution in [0.25, 0.3) is 0 Å². The summed E-state index contributed by atoms with van der Waals surface area (Å²) in [6.45, 7) is 0. The number of carbonyl (C=O) groups is 1. The van der Waals surface area contributed by atoms with E-state index in [0.717, 1.165) is 30.5 Å². The fraction of sp³-hybridized carbons (Fsp3) is 0.154. The zero-order valence-corrected chi connectivity index (χ0v) is 13.8. The molecule has 0 saturated heterocycles. The van der Waals surface area contributed by atoms with Crippen molar-refractivity contribution >= 4 is 37.4 Å². The van der Waals surface area contributed by atoms with Gasteiger partial charge in [-0.1, -0.05) is 15.9 Å². The maximum Gasteiger partial charge on any atom is 0.417 e. The number of halogens is 4. The van der Waals surface area contributed by atoms with E-state index in [1.807, 2.05) is 0 Å². The van der Waals surface area contributed by atoms with Gasteiger partial charge in [0.1, 0.15) is 0 Å². The third-order valence-electron chi connectivity index (χ3n) is 2.70. The normalized spacial score (nSPS) is 12.2. The van der Waals surface area contributed by atoms with Crippen molar-refractivity contribution in [1.82, 2.24) is 0 Å². The van der Waals surface area contributed by atoms with Crippen LogP contribution in [0.4, 0.5) is 18.9 Å². The molecule has 2 rings (SSSR count). The molecule has 1 N–H and O–H groups in total. The summed E-state index contributed by atoms with van der Waals surface area (Å²) in [5.74, 6) is -1.20. The maximum atomic E-state index is 12.8. The smallest absolute Gasteiger partial charge is 0.417 e. The molecule has 124 valence electrons. The van der Waals surface area contributed by atoms with E-state index in [9.17, 15) is 26.4 Å². The first-order valence-electron chi connectivity index (χ1n) is 5.96. The molecule has 23 heavy (non-hydrogen) atoms. The highest BCUT2D eigenvalue weighted by atomic mass is 79.9. The second kappa shape index (κ2) is 6.00. The molecule has 1 heterocycles. The summed E-state index contributed by atoms with van der Waals surface area (Å²) in [5, 5.41) is 1.81. The largest absolute Gasteiger partial charge is 0.440 e. The lowest BCUT2D eigenvalue weighted by Gasteiger charge is -2.11. The van der Waals surface area contributed by atoms with Gasteiger partial charge in [0.2, 0.25) is 14.9 Å². The fourth-order valence-electron chi connectivity index (χ4n) is 1.65. The minimum absolute atomic E-state index is 0.108. The van der Waals surface area contributed by atoms with E-state index in [-0.39, 0.29) is 15.9 Å². The Hall–Kier alpha value is -1.81. The molecule has 0 fully saturated rings. The van der Waals surface area contributed by atoms with Crippen LogP contribution in [0.1, 0.15) is 16.1 Å². The van der Waals surface area contributed by atoms with E-state index in [1.54, 1.807) is 0 Å². The van der Waals surface area contributed by atoms with Crippen molar-refractivity contribution < 1.29 is 30.8 Å². The zero-order chi connectivity index (χ0) is 17.4. The lowest BCUT2D eigenvalue weighted by atomic mass is 10.2. The van der Waals surface area contributed by atoms with Crippen LogP contribution < -0.4 is 5.32 Å². The van der Waals surface area contributed by atoms with Crippen molar-refractivity contribution in [2.75, 3.05) is 11.6 Å². The first-order chi connectivity index (χ1) is 10.5. The summed E-state index contributed by atoms with van der Waals surface area (Å²) in [7, 11) is -3.62. The maximum absolute atomic E-state index is 12.8. The predicted molar refractivity (Wildman–Crippen MR) is 78.9 cm³/mol. The van der Waals surface area contributed by atoms with Gasteiger partial charge < -0.3 is 9.73 Å². The highest BCUT2D eigenvalue weighted by Gasteiger charge is 2.33. The van der Waals surface area contributed by atoms with E-state index < -0.39 is 32.6 Å². The Balaban J connectivity index is 2.26. The second-order valence-corrected chi connectivity index (χ2v) is 7.34. The summed E-state index contributed by atoms with van der Waals surface area (Å²) < 4.78 is 65.6. The summed E-state index contributed by atoms with van der Waals surface area (Å²) in [4.78, 5) is 11.9. The van der Waals surface area contributed by atoms with Crippen LogP contribution in [-0.2, 0) is 16.0 Å². The SMILES string of the molecule is CS(=O)(=O)c1ccc(C(=O)Nc2ccc(Br)c(C(F)(F)F)c2)o1. The number of hydrogen-bond acceptors (Lipinski definition) is 4. The quantitative estimate of drug-likeness (QED) is 0.834. The molecule has 0 bridgehead atoms. The van der Waals surface area contributed by atoms with Gasteiger partial charge in [0.15, 0.2) is 5.76 Å². The monoisotopic (exact) mass is 411 g/mol. The number of benzene rings is 1. The molecule has 0 saturated carbocycles. The van der Waals surface area contributed by atoms with E-state index in [2.05, 4.69) is 21.2 Å². The molecule has 2 aromatic rings. The highest BCUT2D eigenvalue weighted by molar-refractivity contribution is 9.10. The number of alkyl halides is 3. The van der Waals surface area contributed by atoms with Gasteiger partial charge in [-0.2, -0.15) is 13.2 Å². The molecule has 0 aliphatic rings. The molecule has 1 aromatic heterocycles. The minimum atomic E-state index is -4.59. The summed E-state index contributed by atoms with van der Waals surface area (Å²) >= 11 is 2.78. The van der Waals surface area contributed by atoms with Crippen LogP contribution in [0.2, 0.25) is 0 Å². The molecule has 0 aliphatic carbocycles. The second-order valence-electron chi connectivity index (χ2n) is 4.54. The number of amides is 1. The molecule has 0 radical (unpaired) electrons. The van der Waals surface area contributed by atoms with Crippen molar-refractivity contribution in [3.05, 3.63) is 46.1 Å². The third kappa shape index (κ3) is 4.14. The van der Waals surface area contributed by atoms with Gasteiger partial charge in [0, 0.05) is 16.4 Å². The lowest BCUT2D eigenvalue weighted by molar-refractivity contribution is -0.138. The predicted octanol–water partition coefficient (Wildman–Crippen LogP) is 3.72. The first kappa shape index (κ1) is 17.5. The number of anilines is 1. The van der Waals surface area contributed by atoms with Gasteiger partial charge in [-0.3, -0.25) is 4.79 Å². The van der Waals surface area contributed by atoms with E-state index in [1.165, 1.54) is 6.07 Å². The first-order valence-corrected chi connectivity index (χ1v) is 8.65. The summed E-state index contributed by atoms with van der Waals surface area (Å²) in [6, 6.07) is 5.37. The number of carbonyl (C=O) groups excluding carboxylic acids is 1. The van der Waals surface area contributed by atoms with Crippen LogP contribution in [0, 0.1) is 0 Å². The van der Waals surface area contributed by atoms with Crippen molar-refractivity contribution in [3.8, 4) is 0 Å². The zero-order valence-electron chi connectivity index (χ0n) is 11.4. The molecule has 0 atom stereocenters. The lowest BCUT2D eigenvalue weighted by Crippen LogP contribution is -2.13. The van der Waals surface area contributed by atoms with Gasteiger partial charge >= 0.3 is 6.18 Å². The Bertz CT molecular complexity index is 858. The van der Waals surface area contributed by atoms with Crippen molar-refractivity contribution in [3.63, 3.8) is 0 Å². The van der Waals surface area contributed by atoms with E-state index in [0.29, 0.717) is 0 Å². The molecular formula is C13H9BrF3NO4S. The summed E-state index contributed by atoms with van der Waals surface area (Å²) in [6.07, 6.45) is -3.69. The van der Waals surface area contributed by atoms with Gasteiger partial charge in [-0.05, 0) is 30.3 Å². The van der Waals surface area contributed by atoms with E-state index in [4.69, 9.17) is 4.42 Å². The van der Waals surface area contributed by atoms with Crippen LogP contribution in [0.15, 0.2) is 44.3 Å². The van der Waals surface area contributed by atoms with Crippen molar-refractivity contribution in [1.29, 1.82) is 0 Å². The minimum Gasteiger partial charge on any atom is -0.440 e. The summed E-state index contributed by atoms with van der Waals surface area (Å²) in [5.41, 5.74) is -1.06. The van der Waals surface area contributed by atoms with Crippen LogP contribution >= 0.6 is 15.9 Å². The number of furan rings is 1. The standard InChI is InChI=1S/C13H9BrF3NO4S/c1-23(20,21)11-5-4-10(22-11)12(19)18-7-2-3-9(14)8(6-7)13(15,16)17/h2-6H,1H3,(H,18,19). The van der Waals surface area contributed by atoms with Gasteiger partial charge in [-0.15, -0.1) is 0 Å². The van der Waals surface area contributed by atoms with Crippen molar-refractivity contribution in [2.24, 2.45) is 0 Å². The molecule has 5 nitrogen and oxygen atoms in total. The van der Waals surface area contributed by atoms with Crippen LogP contribution in [0.3, 0.4) is 0 Å². The Morgan fingerprint density at radius 2 is 1.87 bits per heavy atom. The fourth-order valence-corrected chi connectivity index (χ4v) is 2.68. The Labute approximate surface area is 137 Å². The number of hydrogen-bond donors (Lipinski definition) is 1. The number of rotatable bonds is 3. The van der Waals surface area contributed by atoms with Gasteiger partial charge in [-0.25, -0.2) is 8.42 Å². The van der Waals surface area contributed by atoms with E-state index >= 15 is 0 Å². The topological polar surface area (TPSA) is 76.4 Å². The van der Waals surface area contributed by atoms with Crippen LogP contribution in [0.5, 0.6) is 0 Å². The highest BCUT2D eigenvalue weighted by Crippen LogP contribution is 2.36. The number of nitrogens with one attached hydrogen (secondary N) is 1. The average molecular weight is 412 g/mol. The molecule has 0 aliphatic heterocycles. The molecule has 10 heteroatoms. The molecule has 1 amide bonds. The molecular weight excluding hydrogens is 403 g/mol. The Kier molecular flexibility index (Phi) is 4.58. The Morgan fingerprint density at radius 3 is 2.39 bits per heavy atom. The van der Waals surface area contributed by atoms with Crippen molar-refractivity contribution in [2.45, 2.75) is 11.3 Å².